The fraction of sp³-hybridized carbons (Fsp3) is 1.00. The van der Waals surface area contributed by atoms with E-state index in [0.29, 0.717) is 19.2 Å². The Morgan fingerprint density at radius 1 is 0.537 bits per heavy atom. The molecule has 0 aromatic carbocycles. The quantitative estimate of drug-likeness (QED) is 0.0579. The van der Waals surface area contributed by atoms with Gasteiger partial charge in [-0.05, 0) is 26.2 Å². The van der Waals surface area contributed by atoms with Crippen molar-refractivity contribution in [2.75, 3.05) is 19.4 Å². The Morgan fingerprint density at radius 3 is 1.29 bits per heavy atom. The second-order valence-electron chi connectivity index (χ2n) is 12.8. The summed E-state index contributed by atoms with van der Waals surface area (Å²) in [6, 6.07) is 0. The van der Waals surface area contributed by atoms with Gasteiger partial charge in [0.2, 0.25) is 0 Å². The molecule has 248 valence electrons. The largest absolute Gasteiger partial charge is 0.393 e. The number of hydrogen-bond donors (Lipinski definition) is 1. The Bertz CT molecular complexity index is 514. The summed E-state index contributed by atoms with van der Waals surface area (Å²) in [5.41, 5.74) is 0. The third kappa shape index (κ3) is 34.5. The number of rotatable bonds is 35. The van der Waals surface area contributed by atoms with Crippen molar-refractivity contribution in [2.45, 2.75) is 213 Å². The van der Waals surface area contributed by atoms with Gasteiger partial charge >= 0.3 is 0 Å². The van der Waals surface area contributed by atoms with Crippen LogP contribution in [0.2, 0.25) is 0 Å². The van der Waals surface area contributed by atoms with E-state index in [-0.39, 0.29) is 6.10 Å². The highest BCUT2D eigenvalue weighted by atomic mass is 31.1. The van der Waals surface area contributed by atoms with Crippen LogP contribution in [0.25, 0.3) is 0 Å². The van der Waals surface area contributed by atoms with Crippen LogP contribution in [-0.4, -0.2) is 36.7 Å². The maximum atomic E-state index is 12.4. The second-order valence-corrected chi connectivity index (χ2v) is 14.3. The molecule has 3 atom stereocenters. The average molecular weight is 603 g/mol. The number of aliphatic hydroxyl groups excluding tert-OH is 1. The molecule has 0 aliphatic carbocycles. The molecule has 0 saturated heterocycles. The Kier molecular flexibility index (Phi) is 34.7. The number of aliphatic hydroxyl groups is 1. The van der Waals surface area contributed by atoms with Crippen LogP contribution in [0, 0.1) is 0 Å². The van der Waals surface area contributed by atoms with Crippen molar-refractivity contribution in [3.05, 3.63) is 0 Å². The molecule has 0 fully saturated rings. The molecule has 3 unspecified atom stereocenters. The predicted octanol–water partition coefficient (Wildman–Crippen LogP) is 12.2. The highest BCUT2D eigenvalue weighted by Gasteiger charge is 2.14. The van der Waals surface area contributed by atoms with E-state index in [0.717, 1.165) is 25.9 Å². The summed E-state index contributed by atoms with van der Waals surface area (Å²) in [4.78, 5) is 0. The van der Waals surface area contributed by atoms with Crippen molar-refractivity contribution >= 4 is 8.03 Å². The molecule has 0 amide bonds. The van der Waals surface area contributed by atoms with Gasteiger partial charge < -0.3 is 14.4 Å². The van der Waals surface area contributed by atoms with E-state index in [1.165, 1.54) is 154 Å². The zero-order valence-electron chi connectivity index (χ0n) is 28.2. The molecular formula is C36H75O4P. The lowest BCUT2D eigenvalue weighted by Crippen LogP contribution is -2.18. The van der Waals surface area contributed by atoms with E-state index in [1.54, 1.807) is 6.92 Å². The van der Waals surface area contributed by atoms with Crippen LogP contribution >= 0.6 is 8.03 Å². The molecule has 5 heteroatoms. The molecule has 1 N–H and O–H groups in total. The van der Waals surface area contributed by atoms with Crippen LogP contribution in [-0.2, 0) is 13.8 Å². The molecule has 0 spiro atoms. The van der Waals surface area contributed by atoms with Gasteiger partial charge in [0.25, 0.3) is 0 Å². The molecule has 41 heavy (non-hydrogen) atoms. The zero-order chi connectivity index (χ0) is 30.1. The topological polar surface area (TPSA) is 55.8 Å². The van der Waals surface area contributed by atoms with E-state index >= 15 is 0 Å². The van der Waals surface area contributed by atoms with Crippen molar-refractivity contribution in [2.24, 2.45) is 0 Å². The molecule has 4 nitrogen and oxygen atoms in total. The normalized spacial score (nSPS) is 14.0. The van der Waals surface area contributed by atoms with Gasteiger partial charge in [-0.15, -0.1) is 0 Å². The first-order valence-corrected chi connectivity index (χ1v) is 20.1. The first kappa shape index (κ1) is 41.1. The zero-order valence-corrected chi connectivity index (χ0v) is 29.2. The fourth-order valence-electron chi connectivity index (χ4n) is 5.57. The summed E-state index contributed by atoms with van der Waals surface area (Å²) >= 11 is 0. The van der Waals surface area contributed by atoms with E-state index in [4.69, 9.17) is 9.26 Å². The summed E-state index contributed by atoms with van der Waals surface area (Å²) in [5, 5.41) is 9.52. The third-order valence-corrected chi connectivity index (χ3v) is 9.68. The number of unbranched alkanes of at least 4 members (excludes halogenated alkanes) is 24. The lowest BCUT2D eigenvalue weighted by molar-refractivity contribution is 0.0466. The predicted molar refractivity (Wildman–Crippen MR) is 182 cm³/mol. The Balaban J connectivity index is 3.82. The molecule has 0 heterocycles. The fourth-order valence-corrected chi connectivity index (χ4v) is 6.90. The summed E-state index contributed by atoms with van der Waals surface area (Å²) in [7, 11) is -2.11. The lowest BCUT2D eigenvalue weighted by atomic mass is 10.0. The third-order valence-electron chi connectivity index (χ3n) is 8.39. The van der Waals surface area contributed by atoms with Gasteiger partial charge in [-0.3, -0.25) is 4.57 Å². The van der Waals surface area contributed by atoms with E-state index in [2.05, 4.69) is 13.8 Å². The first-order chi connectivity index (χ1) is 20.1. The van der Waals surface area contributed by atoms with Gasteiger partial charge in [-0.2, -0.15) is 0 Å². The minimum Gasteiger partial charge on any atom is -0.393 e. The van der Waals surface area contributed by atoms with E-state index in [1.807, 2.05) is 0 Å². The molecule has 0 saturated carbocycles. The van der Waals surface area contributed by atoms with Crippen LogP contribution in [0.5, 0.6) is 0 Å². The van der Waals surface area contributed by atoms with Crippen molar-refractivity contribution < 1.29 is 18.9 Å². The summed E-state index contributed by atoms with van der Waals surface area (Å²) in [6.07, 6.45) is 36.7. The standard InChI is InChI=1S/C36H75O4P/c1-4-6-8-10-12-14-16-18-19-21-23-25-27-29-32-39-34-36(40-41(38)33-31-35(3)37)30-28-26-24-22-20-17-15-13-11-9-7-5-2/h35-37,41H,4-34H2,1-3H3. The molecule has 0 aromatic heterocycles. The Hall–Kier alpha value is 0.110. The van der Waals surface area contributed by atoms with Crippen LogP contribution in [0.15, 0.2) is 0 Å². The van der Waals surface area contributed by atoms with Crippen molar-refractivity contribution in [1.29, 1.82) is 0 Å². The van der Waals surface area contributed by atoms with Gasteiger partial charge in [0.1, 0.15) is 0 Å². The van der Waals surface area contributed by atoms with Gasteiger partial charge in [0, 0.05) is 12.8 Å². The van der Waals surface area contributed by atoms with Crippen LogP contribution < -0.4 is 0 Å². The minimum absolute atomic E-state index is 0.0647. The molecule has 0 aliphatic heterocycles. The minimum atomic E-state index is -2.11. The molecule has 0 aliphatic rings. The molecule has 0 bridgehead atoms. The highest BCUT2D eigenvalue weighted by Crippen LogP contribution is 2.28. The molecule has 0 aromatic rings. The maximum Gasteiger partial charge on any atom is 0.192 e. The second kappa shape index (κ2) is 34.6. The van der Waals surface area contributed by atoms with Crippen LogP contribution in [0.4, 0.5) is 0 Å². The average Bonchev–Trinajstić information content (AvgIpc) is 2.96. The monoisotopic (exact) mass is 603 g/mol. The van der Waals surface area contributed by atoms with Crippen LogP contribution in [0.1, 0.15) is 201 Å². The SMILES string of the molecule is CCCCCCCCCCCCCCCCOCC(CCCCCCCCCCCCCC)O[PH](=O)CCC(C)O. The summed E-state index contributed by atoms with van der Waals surface area (Å²) < 4.78 is 24.4. The smallest absolute Gasteiger partial charge is 0.192 e. The van der Waals surface area contributed by atoms with Crippen molar-refractivity contribution in [3.8, 4) is 0 Å². The van der Waals surface area contributed by atoms with Gasteiger partial charge in [-0.1, -0.05) is 174 Å². The van der Waals surface area contributed by atoms with Crippen LogP contribution in [0.3, 0.4) is 0 Å². The van der Waals surface area contributed by atoms with E-state index in [9.17, 15) is 9.67 Å². The lowest BCUT2D eigenvalue weighted by Gasteiger charge is -2.18. The summed E-state index contributed by atoms with van der Waals surface area (Å²) in [5.74, 6) is 0. The van der Waals surface area contributed by atoms with Crippen molar-refractivity contribution in [3.63, 3.8) is 0 Å². The van der Waals surface area contributed by atoms with Gasteiger partial charge in [0.05, 0.1) is 18.8 Å². The number of hydrogen-bond acceptors (Lipinski definition) is 4. The van der Waals surface area contributed by atoms with Crippen molar-refractivity contribution in [1.82, 2.24) is 0 Å². The molecule has 0 rings (SSSR count). The highest BCUT2D eigenvalue weighted by molar-refractivity contribution is 7.39. The Morgan fingerprint density at radius 2 is 0.902 bits per heavy atom. The molecular weight excluding hydrogens is 527 g/mol. The maximum absolute atomic E-state index is 12.4. The van der Waals surface area contributed by atoms with E-state index < -0.39 is 14.1 Å². The summed E-state index contributed by atoms with van der Waals surface area (Å²) in [6.45, 7) is 7.65. The first-order valence-electron chi connectivity index (χ1n) is 18.5. The Labute approximate surface area is 258 Å². The van der Waals surface area contributed by atoms with Gasteiger partial charge in [0.15, 0.2) is 8.03 Å². The van der Waals surface area contributed by atoms with Gasteiger partial charge in [-0.25, -0.2) is 0 Å². The number of ether oxygens (including phenoxy) is 1. The molecule has 0 radical (unpaired) electrons.